The first-order valence-corrected chi connectivity index (χ1v) is 6.56. The maximum absolute atomic E-state index is 10.9. The second-order valence-corrected chi connectivity index (χ2v) is 4.59. The van der Waals surface area contributed by atoms with Gasteiger partial charge in [-0.1, -0.05) is 31.2 Å². The van der Waals surface area contributed by atoms with Crippen molar-refractivity contribution in [1.82, 2.24) is 4.98 Å². The third kappa shape index (κ3) is 3.12. The molecule has 0 amide bonds. The summed E-state index contributed by atoms with van der Waals surface area (Å²) in [6, 6.07) is 11.2. The topological polar surface area (TPSA) is 68.1 Å². The van der Waals surface area contributed by atoms with Gasteiger partial charge in [0.1, 0.15) is 0 Å². The van der Waals surface area contributed by atoms with Gasteiger partial charge < -0.3 is 5.32 Å². The predicted octanol–water partition coefficient (Wildman–Crippen LogP) is 3.73. The summed E-state index contributed by atoms with van der Waals surface area (Å²) in [5.41, 5.74) is 2.33. The molecule has 1 unspecified atom stereocenters. The predicted molar refractivity (Wildman–Crippen MR) is 78.7 cm³/mol. The van der Waals surface area contributed by atoms with Gasteiger partial charge in [0.2, 0.25) is 5.82 Å². The molecule has 5 nitrogen and oxygen atoms in total. The second-order valence-electron chi connectivity index (χ2n) is 4.59. The highest BCUT2D eigenvalue weighted by atomic mass is 16.6. The Morgan fingerprint density at radius 3 is 2.60 bits per heavy atom. The summed E-state index contributed by atoms with van der Waals surface area (Å²) < 4.78 is 0. The molecule has 0 aliphatic carbocycles. The first kappa shape index (κ1) is 14.0. The van der Waals surface area contributed by atoms with E-state index in [2.05, 4.69) is 29.4 Å². The van der Waals surface area contributed by atoms with Gasteiger partial charge in [0.05, 0.1) is 11.0 Å². The lowest BCUT2D eigenvalue weighted by atomic mass is 10.0. The standard InChI is InChI=1S/C15H17N3O2/c1-3-12-6-8-13(9-7-12)11(2)17-15-14(18(19)20)5-4-10-16-15/h4-11H,3H2,1-2H3,(H,16,17). The number of aryl methyl sites for hydroxylation is 1. The molecule has 20 heavy (non-hydrogen) atoms. The molecule has 1 heterocycles. The summed E-state index contributed by atoms with van der Waals surface area (Å²) in [7, 11) is 0. The van der Waals surface area contributed by atoms with Crippen LogP contribution < -0.4 is 5.32 Å². The van der Waals surface area contributed by atoms with E-state index in [0.29, 0.717) is 5.82 Å². The van der Waals surface area contributed by atoms with Crippen molar-refractivity contribution in [3.63, 3.8) is 0 Å². The van der Waals surface area contributed by atoms with Crippen molar-refractivity contribution in [3.8, 4) is 0 Å². The summed E-state index contributed by atoms with van der Waals surface area (Å²) in [6.45, 7) is 4.06. The van der Waals surface area contributed by atoms with Crippen LogP contribution in [0.15, 0.2) is 42.6 Å². The van der Waals surface area contributed by atoms with Crippen LogP contribution in [-0.2, 0) is 6.42 Å². The van der Waals surface area contributed by atoms with Gasteiger partial charge in [0.25, 0.3) is 0 Å². The van der Waals surface area contributed by atoms with Gasteiger partial charge in [-0.15, -0.1) is 0 Å². The minimum absolute atomic E-state index is 0.00970. The monoisotopic (exact) mass is 271 g/mol. The number of benzene rings is 1. The van der Waals surface area contributed by atoms with Crippen LogP contribution in [0.5, 0.6) is 0 Å². The Morgan fingerprint density at radius 1 is 1.30 bits per heavy atom. The first-order chi connectivity index (χ1) is 9.61. The second kappa shape index (κ2) is 6.14. The normalized spacial score (nSPS) is 11.9. The van der Waals surface area contributed by atoms with Crippen LogP contribution in [-0.4, -0.2) is 9.91 Å². The average molecular weight is 271 g/mol. The summed E-state index contributed by atoms with van der Waals surface area (Å²) >= 11 is 0. The fourth-order valence-electron chi connectivity index (χ4n) is 1.99. The summed E-state index contributed by atoms with van der Waals surface area (Å²) in [4.78, 5) is 14.6. The third-order valence-corrected chi connectivity index (χ3v) is 3.22. The number of hydrogen-bond donors (Lipinski definition) is 1. The highest BCUT2D eigenvalue weighted by Gasteiger charge is 2.16. The highest BCUT2D eigenvalue weighted by molar-refractivity contribution is 5.56. The van der Waals surface area contributed by atoms with Gasteiger partial charge >= 0.3 is 5.69 Å². The quantitative estimate of drug-likeness (QED) is 0.664. The van der Waals surface area contributed by atoms with E-state index in [0.717, 1.165) is 12.0 Å². The zero-order chi connectivity index (χ0) is 14.5. The van der Waals surface area contributed by atoms with Gasteiger partial charge in [0.15, 0.2) is 0 Å². The maximum atomic E-state index is 10.9. The van der Waals surface area contributed by atoms with Gasteiger partial charge in [0, 0.05) is 12.3 Å². The van der Waals surface area contributed by atoms with Gasteiger partial charge in [-0.3, -0.25) is 10.1 Å². The van der Waals surface area contributed by atoms with Crippen molar-refractivity contribution in [2.45, 2.75) is 26.3 Å². The number of pyridine rings is 1. The molecule has 0 spiro atoms. The fraction of sp³-hybridized carbons (Fsp3) is 0.267. The van der Waals surface area contributed by atoms with Crippen LogP contribution in [0.1, 0.15) is 31.0 Å². The molecule has 0 aliphatic heterocycles. The Balaban J connectivity index is 2.18. The van der Waals surface area contributed by atoms with E-state index in [1.807, 2.05) is 19.1 Å². The Labute approximate surface area is 117 Å². The van der Waals surface area contributed by atoms with Crippen molar-refractivity contribution < 1.29 is 4.92 Å². The molecule has 1 aromatic carbocycles. The van der Waals surface area contributed by atoms with E-state index >= 15 is 0 Å². The zero-order valence-corrected chi connectivity index (χ0v) is 11.5. The SMILES string of the molecule is CCc1ccc(C(C)Nc2ncccc2[N+](=O)[O-])cc1. The summed E-state index contributed by atoms with van der Waals surface area (Å²) in [5, 5.41) is 14.0. The molecule has 2 aromatic rings. The number of nitro groups is 1. The number of aromatic nitrogens is 1. The molecule has 2 rings (SSSR count). The highest BCUT2D eigenvalue weighted by Crippen LogP contribution is 2.25. The van der Waals surface area contributed by atoms with E-state index in [1.165, 1.54) is 11.6 Å². The van der Waals surface area contributed by atoms with Gasteiger partial charge in [-0.05, 0) is 30.5 Å². The number of nitrogens with zero attached hydrogens (tertiary/aromatic N) is 2. The van der Waals surface area contributed by atoms with Gasteiger partial charge in [-0.25, -0.2) is 4.98 Å². The lowest BCUT2D eigenvalue weighted by Crippen LogP contribution is -2.09. The van der Waals surface area contributed by atoms with Crippen LogP contribution in [0.3, 0.4) is 0 Å². The molecule has 1 atom stereocenters. The molecule has 0 bridgehead atoms. The van der Waals surface area contributed by atoms with Crippen LogP contribution in [0, 0.1) is 10.1 Å². The van der Waals surface area contributed by atoms with Crippen LogP contribution in [0.4, 0.5) is 11.5 Å². The largest absolute Gasteiger partial charge is 0.358 e. The minimum Gasteiger partial charge on any atom is -0.358 e. The van der Waals surface area contributed by atoms with Crippen molar-refractivity contribution in [3.05, 3.63) is 63.8 Å². The Kier molecular flexibility index (Phi) is 4.30. The van der Waals surface area contributed by atoms with E-state index in [1.54, 1.807) is 12.3 Å². The number of hydrogen-bond acceptors (Lipinski definition) is 4. The summed E-state index contributed by atoms with van der Waals surface area (Å²) in [5.74, 6) is 0.296. The molecule has 0 saturated heterocycles. The van der Waals surface area contributed by atoms with Crippen molar-refractivity contribution in [2.75, 3.05) is 5.32 Å². The van der Waals surface area contributed by atoms with E-state index in [4.69, 9.17) is 0 Å². The average Bonchev–Trinajstić information content (AvgIpc) is 2.47. The van der Waals surface area contributed by atoms with Crippen molar-refractivity contribution >= 4 is 11.5 Å². The number of nitrogens with one attached hydrogen (secondary N) is 1. The lowest BCUT2D eigenvalue weighted by molar-refractivity contribution is -0.384. The van der Waals surface area contributed by atoms with E-state index in [-0.39, 0.29) is 11.7 Å². The van der Waals surface area contributed by atoms with Crippen LogP contribution in [0.2, 0.25) is 0 Å². The maximum Gasteiger partial charge on any atom is 0.311 e. The molecule has 0 aliphatic rings. The molecule has 0 fully saturated rings. The van der Waals surface area contributed by atoms with Crippen LogP contribution >= 0.6 is 0 Å². The lowest BCUT2D eigenvalue weighted by Gasteiger charge is -2.15. The van der Waals surface area contributed by atoms with Crippen molar-refractivity contribution in [1.29, 1.82) is 0 Å². The van der Waals surface area contributed by atoms with E-state index < -0.39 is 4.92 Å². The van der Waals surface area contributed by atoms with Crippen LogP contribution in [0.25, 0.3) is 0 Å². The molecular weight excluding hydrogens is 254 g/mol. The molecule has 1 N–H and O–H groups in total. The number of rotatable bonds is 5. The van der Waals surface area contributed by atoms with E-state index in [9.17, 15) is 10.1 Å². The fourth-order valence-corrected chi connectivity index (χ4v) is 1.99. The molecular formula is C15H17N3O2. The first-order valence-electron chi connectivity index (χ1n) is 6.56. The Morgan fingerprint density at radius 2 is 2.00 bits per heavy atom. The number of anilines is 1. The summed E-state index contributed by atoms with van der Waals surface area (Å²) in [6.07, 6.45) is 2.54. The Hall–Kier alpha value is -2.43. The minimum atomic E-state index is -0.428. The third-order valence-electron chi connectivity index (χ3n) is 3.22. The molecule has 5 heteroatoms. The molecule has 0 saturated carbocycles. The molecule has 0 radical (unpaired) electrons. The Bertz CT molecular complexity index is 596. The van der Waals surface area contributed by atoms with Crippen molar-refractivity contribution in [2.24, 2.45) is 0 Å². The zero-order valence-electron chi connectivity index (χ0n) is 11.5. The molecule has 1 aromatic heterocycles. The van der Waals surface area contributed by atoms with Gasteiger partial charge in [-0.2, -0.15) is 0 Å². The molecule has 104 valence electrons. The smallest absolute Gasteiger partial charge is 0.311 e.